The van der Waals surface area contributed by atoms with Crippen LogP contribution < -0.4 is 5.32 Å². The molecule has 0 aromatic carbocycles. The maximum absolute atomic E-state index is 12.1. The molecule has 1 amide bonds. The molecular weight excluding hydrogens is 328 g/mol. The SMILES string of the molecule is O=C(CCN1CCCC(c2ccn[nH]2)C1)Nc1ccsc1C(=O)O. The topological polar surface area (TPSA) is 98.3 Å². The molecule has 1 fully saturated rings. The van der Waals surface area contributed by atoms with E-state index in [1.165, 1.54) is 0 Å². The second kappa shape index (κ2) is 7.59. The number of aromatic carboxylic acids is 1. The number of piperidine rings is 1. The summed E-state index contributed by atoms with van der Waals surface area (Å²) in [6.45, 7) is 2.56. The summed E-state index contributed by atoms with van der Waals surface area (Å²) in [5.41, 5.74) is 1.53. The van der Waals surface area contributed by atoms with Gasteiger partial charge in [0.25, 0.3) is 0 Å². The number of carboxylic acid groups (broad SMARTS) is 1. The number of likely N-dealkylation sites (tertiary alicyclic amines) is 1. The van der Waals surface area contributed by atoms with Gasteiger partial charge in [-0.05, 0) is 36.9 Å². The molecule has 1 saturated heterocycles. The Hall–Kier alpha value is -2.19. The predicted octanol–water partition coefficient (Wildman–Crippen LogP) is 2.38. The third-order valence-corrected chi connectivity index (χ3v) is 5.16. The molecule has 0 spiro atoms. The summed E-state index contributed by atoms with van der Waals surface area (Å²) >= 11 is 1.11. The minimum absolute atomic E-state index is 0.153. The largest absolute Gasteiger partial charge is 0.477 e. The molecule has 1 unspecified atom stereocenters. The average molecular weight is 348 g/mol. The van der Waals surface area contributed by atoms with E-state index in [2.05, 4.69) is 20.4 Å². The number of carbonyl (C=O) groups is 2. The molecular formula is C16H20N4O3S. The van der Waals surface area contributed by atoms with Gasteiger partial charge in [0.15, 0.2) is 0 Å². The van der Waals surface area contributed by atoms with E-state index in [0.717, 1.165) is 43.0 Å². The molecule has 0 aliphatic carbocycles. The minimum atomic E-state index is -1.02. The Balaban J connectivity index is 1.49. The van der Waals surface area contributed by atoms with Gasteiger partial charge in [-0.15, -0.1) is 11.3 Å². The standard InChI is InChI=1S/C16H20N4O3S/c21-14(18-13-5-9-24-15(13)16(22)23)4-8-20-7-1-2-11(10-20)12-3-6-17-19-12/h3,5-6,9,11H,1-2,4,7-8,10H2,(H,17,19)(H,18,21)(H,22,23). The molecule has 7 nitrogen and oxygen atoms in total. The number of anilines is 1. The zero-order valence-corrected chi connectivity index (χ0v) is 14.0. The molecule has 1 aliphatic rings. The number of rotatable bonds is 6. The molecule has 1 atom stereocenters. The summed E-state index contributed by atoms with van der Waals surface area (Å²) < 4.78 is 0. The normalized spacial score (nSPS) is 18.4. The fraction of sp³-hybridized carbons (Fsp3) is 0.438. The van der Waals surface area contributed by atoms with Crippen molar-refractivity contribution >= 4 is 28.9 Å². The molecule has 2 aromatic rings. The quantitative estimate of drug-likeness (QED) is 0.744. The third-order valence-electron chi connectivity index (χ3n) is 4.26. The van der Waals surface area contributed by atoms with Crippen LogP contribution in [0.4, 0.5) is 5.69 Å². The summed E-state index contributed by atoms with van der Waals surface area (Å²) in [4.78, 5) is 25.6. The van der Waals surface area contributed by atoms with Crippen LogP contribution in [0.1, 0.15) is 40.5 Å². The Labute approximate surface area is 143 Å². The van der Waals surface area contributed by atoms with Gasteiger partial charge in [-0.1, -0.05) is 0 Å². The maximum atomic E-state index is 12.1. The molecule has 0 bridgehead atoms. The molecule has 2 aromatic heterocycles. The van der Waals surface area contributed by atoms with E-state index in [4.69, 9.17) is 5.11 Å². The second-order valence-electron chi connectivity index (χ2n) is 5.92. The van der Waals surface area contributed by atoms with Gasteiger partial charge in [0.05, 0.1) is 5.69 Å². The molecule has 0 radical (unpaired) electrons. The van der Waals surface area contributed by atoms with Crippen molar-refractivity contribution in [3.63, 3.8) is 0 Å². The van der Waals surface area contributed by atoms with E-state index in [-0.39, 0.29) is 10.8 Å². The van der Waals surface area contributed by atoms with Crippen molar-refractivity contribution in [2.45, 2.75) is 25.2 Å². The highest BCUT2D eigenvalue weighted by Gasteiger charge is 2.22. The van der Waals surface area contributed by atoms with Gasteiger partial charge in [-0.2, -0.15) is 5.10 Å². The van der Waals surface area contributed by atoms with Crippen molar-refractivity contribution in [1.82, 2.24) is 15.1 Å². The van der Waals surface area contributed by atoms with Crippen LogP contribution in [0.3, 0.4) is 0 Å². The number of hydrogen-bond donors (Lipinski definition) is 3. The van der Waals surface area contributed by atoms with Crippen LogP contribution in [0, 0.1) is 0 Å². The minimum Gasteiger partial charge on any atom is -0.477 e. The van der Waals surface area contributed by atoms with Gasteiger partial charge in [0.1, 0.15) is 4.88 Å². The molecule has 3 N–H and O–H groups in total. The van der Waals surface area contributed by atoms with Crippen LogP contribution in [-0.4, -0.2) is 51.7 Å². The van der Waals surface area contributed by atoms with Crippen LogP contribution in [0.5, 0.6) is 0 Å². The monoisotopic (exact) mass is 348 g/mol. The summed E-state index contributed by atoms with van der Waals surface area (Å²) in [5, 5.41) is 20.5. The van der Waals surface area contributed by atoms with E-state index in [1.807, 2.05) is 6.07 Å². The van der Waals surface area contributed by atoms with E-state index in [1.54, 1.807) is 17.6 Å². The lowest BCUT2D eigenvalue weighted by molar-refractivity contribution is -0.116. The highest BCUT2D eigenvalue weighted by atomic mass is 32.1. The Morgan fingerprint density at radius 3 is 3.08 bits per heavy atom. The van der Waals surface area contributed by atoms with E-state index >= 15 is 0 Å². The summed E-state index contributed by atoms with van der Waals surface area (Å²) in [7, 11) is 0. The van der Waals surface area contributed by atoms with Gasteiger partial charge in [0.2, 0.25) is 5.91 Å². The molecule has 3 heterocycles. The van der Waals surface area contributed by atoms with E-state index in [9.17, 15) is 9.59 Å². The van der Waals surface area contributed by atoms with E-state index < -0.39 is 5.97 Å². The summed E-state index contributed by atoms with van der Waals surface area (Å²) in [6.07, 6.45) is 4.34. The van der Waals surface area contributed by atoms with Crippen molar-refractivity contribution in [3.8, 4) is 0 Å². The zero-order chi connectivity index (χ0) is 16.9. The number of carboxylic acids is 1. The highest BCUT2D eigenvalue weighted by molar-refractivity contribution is 7.12. The highest BCUT2D eigenvalue weighted by Crippen LogP contribution is 2.25. The first kappa shape index (κ1) is 16.7. The third kappa shape index (κ3) is 4.01. The number of nitrogens with zero attached hydrogens (tertiary/aromatic N) is 2. The van der Waals surface area contributed by atoms with Crippen molar-refractivity contribution in [1.29, 1.82) is 0 Å². The maximum Gasteiger partial charge on any atom is 0.348 e. The number of thiophene rings is 1. The number of aromatic amines is 1. The Morgan fingerprint density at radius 1 is 1.46 bits per heavy atom. The second-order valence-corrected chi connectivity index (χ2v) is 6.83. The average Bonchev–Trinajstić information content (AvgIpc) is 3.25. The number of nitrogens with one attached hydrogen (secondary N) is 2. The van der Waals surface area contributed by atoms with Gasteiger partial charge in [-0.3, -0.25) is 9.89 Å². The van der Waals surface area contributed by atoms with Gasteiger partial charge in [-0.25, -0.2) is 4.79 Å². The van der Waals surface area contributed by atoms with Crippen LogP contribution in [0.25, 0.3) is 0 Å². The number of hydrogen-bond acceptors (Lipinski definition) is 5. The van der Waals surface area contributed by atoms with Gasteiger partial charge >= 0.3 is 5.97 Å². The van der Waals surface area contributed by atoms with Crippen LogP contribution in [0.15, 0.2) is 23.7 Å². The lowest BCUT2D eigenvalue weighted by atomic mass is 9.95. The zero-order valence-electron chi connectivity index (χ0n) is 13.2. The number of H-pyrrole nitrogens is 1. The molecule has 1 aliphatic heterocycles. The first-order valence-electron chi connectivity index (χ1n) is 7.95. The Kier molecular flexibility index (Phi) is 5.27. The van der Waals surface area contributed by atoms with Crippen molar-refractivity contribution in [2.75, 3.05) is 25.0 Å². The first-order valence-corrected chi connectivity index (χ1v) is 8.83. The van der Waals surface area contributed by atoms with Gasteiger partial charge in [0, 0.05) is 37.3 Å². The molecule has 3 rings (SSSR count). The summed E-state index contributed by atoms with van der Waals surface area (Å²) in [6, 6.07) is 3.63. The van der Waals surface area contributed by atoms with Crippen LogP contribution in [-0.2, 0) is 4.79 Å². The smallest absolute Gasteiger partial charge is 0.348 e. The van der Waals surface area contributed by atoms with Gasteiger partial charge < -0.3 is 15.3 Å². The Bertz CT molecular complexity index is 698. The van der Waals surface area contributed by atoms with Crippen molar-refractivity contribution in [2.24, 2.45) is 0 Å². The first-order chi connectivity index (χ1) is 11.6. The fourth-order valence-corrected chi connectivity index (χ4v) is 3.74. The number of aromatic nitrogens is 2. The van der Waals surface area contributed by atoms with Crippen molar-refractivity contribution < 1.29 is 14.7 Å². The van der Waals surface area contributed by atoms with E-state index in [0.29, 0.717) is 24.6 Å². The lowest BCUT2D eigenvalue weighted by Crippen LogP contribution is -2.36. The molecule has 128 valence electrons. The molecule has 8 heteroatoms. The number of amides is 1. The fourth-order valence-electron chi connectivity index (χ4n) is 3.05. The lowest BCUT2D eigenvalue weighted by Gasteiger charge is -2.31. The van der Waals surface area contributed by atoms with Crippen LogP contribution in [0.2, 0.25) is 0 Å². The summed E-state index contributed by atoms with van der Waals surface area (Å²) in [5.74, 6) is -0.738. The number of carbonyl (C=O) groups excluding carboxylic acids is 1. The Morgan fingerprint density at radius 2 is 2.33 bits per heavy atom. The van der Waals surface area contributed by atoms with Crippen LogP contribution >= 0.6 is 11.3 Å². The van der Waals surface area contributed by atoms with Crippen molar-refractivity contribution in [3.05, 3.63) is 34.3 Å². The predicted molar refractivity (Wildman–Crippen MR) is 91.5 cm³/mol. The molecule has 0 saturated carbocycles. The molecule has 24 heavy (non-hydrogen) atoms.